The number of ether oxygens (including phenoxy) is 1. The largest absolute Gasteiger partial charge is 0.452 e. The predicted octanol–water partition coefficient (Wildman–Crippen LogP) is 2.76. The first kappa shape index (κ1) is 12.9. The number of non-ortho nitro benzene ring substituents is 1. The van der Waals surface area contributed by atoms with Gasteiger partial charge in [0.2, 0.25) is 0 Å². The van der Waals surface area contributed by atoms with Gasteiger partial charge in [-0.05, 0) is 12.1 Å². The molecule has 0 saturated heterocycles. The Hall–Kier alpha value is -3.16. The first-order chi connectivity index (χ1) is 10.0. The molecule has 2 aromatic heterocycles. The summed E-state index contributed by atoms with van der Waals surface area (Å²) < 4.78 is 20.8. The third kappa shape index (κ3) is 2.34. The Morgan fingerprint density at radius 3 is 2.81 bits per heavy atom. The van der Waals surface area contributed by atoms with Gasteiger partial charge in [0.1, 0.15) is 5.52 Å². The molecule has 3 aromatic rings. The van der Waals surface area contributed by atoms with Crippen LogP contribution in [0.15, 0.2) is 42.7 Å². The lowest BCUT2D eigenvalue weighted by molar-refractivity contribution is -0.385. The van der Waals surface area contributed by atoms with Crippen molar-refractivity contribution in [2.45, 2.75) is 0 Å². The first-order valence-corrected chi connectivity index (χ1v) is 5.89. The van der Waals surface area contributed by atoms with Crippen LogP contribution in [0.3, 0.4) is 0 Å². The zero-order chi connectivity index (χ0) is 15.0. The molecule has 106 valence electrons. The highest BCUT2D eigenvalue weighted by molar-refractivity contribution is 5.64. The molecule has 1 aromatic carbocycles. The topological polar surface area (TPSA) is 95.7 Å². The quantitative estimate of drug-likeness (QED) is 0.590. The molecule has 2 N–H and O–H groups in total. The second-order valence-corrected chi connectivity index (χ2v) is 4.27. The van der Waals surface area contributed by atoms with E-state index in [-0.39, 0.29) is 11.4 Å². The number of rotatable bonds is 3. The molecule has 0 amide bonds. The summed E-state index contributed by atoms with van der Waals surface area (Å²) in [6, 6.07) is 6.37. The molecule has 0 atom stereocenters. The molecule has 21 heavy (non-hydrogen) atoms. The number of anilines is 1. The van der Waals surface area contributed by atoms with Crippen molar-refractivity contribution in [1.29, 1.82) is 0 Å². The van der Waals surface area contributed by atoms with E-state index in [0.717, 1.165) is 12.1 Å². The molecule has 0 aliphatic carbocycles. The summed E-state index contributed by atoms with van der Waals surface area (Å²) in [6.45, 7) is 0. The Morgan fingerprint density at radius 1 is 1.29 bits per heavy atom. The molecule has 2 heterocycles. The Balaban J connectivity index is 2.02. The first-order valence-electron chi connectivity index (χ1n) is 5.89. The molecule has 0 aliphatic heterocycles. The van der Waals surface area contributed by atoms with E-state index in [2.05, 4.69) is 5.10 Å². The maximum atomic E-state index is 13.8. The van der Waals surface area contributed by atoms with Gasteiger partial charge in [-0.2, -0.15) is 5.10 Å². The molecule has 0 saturated carbocycles. The van der Waals surface area contributed by atoms with Crippen LogP contribution in [-0.4, -0.2) is 14.5 Å². The molecule has 0 fully saturated rings. The summed E-state index contributed by atoms with van der Waals surface area (Å²) in [6.07, 6.45) is 3.14. The third-order valence-electron chi connectivity index (χ3n) is 2.84. The van der Waals surface area contributed by atoms with Crippen LogP contribution in [-0.2, 0) is 0 Å². The van der Waals surface area contributed by atoms with Gasteiger partial charge in [-0.15, -0.1) is 0 Å². The molecule has 7 nitrogen and oxygen atoms in total. The van der Waals surface area contributed by atoms with Crippen LogP contribution in [0.25, 0.3) is 5.52 Å². The number of hydrogen-bond acceptors (Lipinski definition) is 5. The van der Waals surface area contributed by atoms with Gasteiger partial charge in [-0.25, -0.2) is 8.91 Å². The summed E-state index contributed by atoms with van der Waals surface area (Å²) in [5.74, 6) is -0.654. The zero-order valence-electron chi connectivity index (χ0n) is 10.6. The van der Waals surface area contributed by atoms with Crippen molar-refractivity contribution in [3.05, 3.63) is 58.7 Å². The fourth-order valence-corrected chi connectivity index (χ4v) is 1.90. The van der Waals surface area contributed by atoms with E-state index in [4.69, 9.17) is 10.5 Å². The van der Waals surface area contributed by atoms with Crippen LogP contribution >= 0.6 is 0 Å². The number of benzene rings is 1. The van der Waals surface area contributed by atoms with Crippen LogP contribution < -0.4 is 10.5 Å². The summed E-state index contributed by atoms with van der Waals surface area (Å²) in [7, 11) is 0. The monoisotopic (exact) mass is 288 g/mol. The van der Waals surface area contributed by atoms with Crippen molar-refractivity contribution < 1.29 is 14.1 Å². The molecule has 3 rings (SSSR count). The maximum absolute atomic E-state index is 13.8. The minimum atomic E-state index is -0.829. The number of nitrogens with zero attached hydrogens (tertiary/aromatic N) is 3. The Morgan fingerprint density at radius 2 is 2.10 bits per heavy atom. The number of aromatic nitrogens is 2. The molecule has 0 bridgehead atoms. The number of nitrogens with two attached hydrogens (primary N) is 1. The summed E-state index contributed by atoms with van der Waals surface area (Å²) in [4.78, 5) is 9.90. The standard InChI is InChI=1S/C13H9FN4O3/c14-10-6-9(18(19)20)1-2-12(10)21-13-5-8(15)7-17-11(13)3-4-16-17/h1-7H,15H2. The maximum Gasteiger partial charge on any atom is 0.272 e. The highest BCUT2D eigenvalue weighted by atomic mass is 19.1. The highest BCUT2D eigenvalue weighted by Gasteiger charge is 2.14. The van der Waals surface area contributed by atoms with Crippen molar-refractivity contribution >= 4 is 16.9 Å². The number of pyridine rings is 1. The number of halogens is 1. The van der Waals surface area contributed by atoms with Crippen LogP contribution in [0, 0.1) is 15.9 Å². The average Bonchev–Trinajstić information content (AvgIpc) is 2.88. The van der Waals surface area contributed by atoms with Crippen molar-refractivity contribution in [3.8, 4) is 11.5 Å². The number of nitro groups is 1. The lowest BCUT2D eigenvalue weighted by Crippen LogP contribution is -1.97. The fourth-order valence-electron chi connectivity index (χ4n) is 1.90. The van der Waals surface area contributed by atoms with Gasteiger partial charge in [0.15, 0.2) is 17.3 Å². The van der Waals surface area contributed by atoms with Crippen molar-refractivity contribution in [3.63, 3.8) is 0 Å². The van der Waals surface area contributed by atoms with Crippen LogP contribution in [0.5, 0.6) is 11.5 Å². The van der Waals surface area contributed by atoms with E-state index in [1.54, 1.807) is 18.5 Å². The number of fused-ring (bicyclic) bond motifs is 1. The van der Waals surface area contributed by atoms with Crippen molar-refractivity contribution in [2.75, 3.05) is 5.73 Å². The van der Waals surface area contributed by atoms with Gasteiger partial charge in [-0.3, -0.25) is 10.1 Å². The van der Waals surface area contributed by atoms with Crippen LogP contribution in [0.4, 0.5) is 15.8 Å². The van der Waals surface area contributed by atoms with Crippen molar-refractivity contribution in [1.82, 2.24) is 9.61 Å². The summed E-state index contributed by atoms with van der Waals surface area (Å²) >= 11 is 0. The number of nitrogen functional groups attached to an aromatic ring is 1. The molecular formula is C13H9FN4O3. The second-order valence-electron chi connectivity index (χ2n) is 4.27. The SMILES string of the molecule is Nc1cc(Oc2ccc([N+](=O)[O-])cc2F)c2ccnn2c1. The van der Waals surface area contributed by atoms with E-state index in [9.17, 15) is 14.5 Å². The molecule has 8 heteroatoms. The average molecular weight is 288 g/mol. The molecule has 0 unspecified atom stereocenters. The Bertz CT molecular complexity index is 847. The van der Waals surface area contributed by atoms with Gasteiger partial charge >= 0.3 is 0 Å². The fraction of sp³-hybridized carbons (Fsp3) is 0. The van der Waals surface area contributed by atoms with Gasteiger partial charge in [0.25, 0.3) is 5.69 Å². The summed E-state index contributed by atoms with van der Waals surface area (Å²) in [5.41, 5.74) is 6.36. The van der Waals surface area contributed by atoms with Crippen LogP contribution in [0.2, 0.25) is 0 Å². The van der Waals surface area contributed by atoms with Crippen LogP contribution in [0.1, 0.15) is 0 Å². The zero-order valence-corrected chi connectivity index (χ0v) is 10.6. The van der Waals surface area contributed by atoms with E-state index in [1.165, 1.54) is 16.6 Å². The predicted molar refractivity (Wildman–Crippen MR) is 72.7 cm³/mol. The molecule has 0 radical (unpaired) electrons. The van der Waals surface area contributed by atoms with E-state index in [1.807, 2.05) is 0 Å². The van der Waals surface area contributed by atoms with Gasteiger partial charge in [0.05, 0.1) is 29.1 Å². The lowest BCUT2D eigenvalue weighted by Gasteiger charge is -2.09. The number of hydrogen-bond donors (Lipinski definition) is 1. The number of nitro benzene ring substituents is 1. The Kier molecular flexibility index (Phi) is 2.90. The smallest absolute Gasteiger partial charge is 0.272 e. The third-order valence-corrected chi connectivity index (χ3v) is 2.84. The minimum Gasteiger partial charge on any atom is -0.452 e. The van der Waals surface area contributed by atoms with Gasteiger partial charge in [0, 0.05) is 12.1 Å². The Labute approximate surface area is 117 Å². The van der Waals surface area contributed by atoms with E-state index < -0.39 is 10.7 Å². The normalized spacial score (nSPS) is 10.7. The van der Waals surface area contributed by atoms with Crippen molar-refractivity contribution in [2.24, 2.45) is 0 Å². The van der Waals surface area contributed by atoms with Gasteiger partial charge < -0.3 is 10.5 Å². The van der Waals surface area contributed by atoms with E-state index >= 15 is 0 Å². The second kappa shape index (κ2) is 4.75. The van der Waals surface area contributed by atoms with Gasteiger partial charge in [-0.1, -0.05) is 0 Å². The molecule has 0 spiro atoms. The minimum absolute atomic E-state index is 0.130. The molecular weight excluding hydrogens is 279 g/mol. The summed E-state index contributed by atoms with van der Waals surface area (Å²) in [5, 5.41) is 14.6. The highest BCUT2D eigenvalue weighted by Crippen LogP contribution is 2.31. The van der Waals surface area contributed by atoms with E-state index in [0.29, 0.717) is 17.0 Å². The lowest BCUT2D eigenvalue weighted by atomic mass is 10.3. The molecule has 0 aliphatic rings.